The molecule has 0 spiro atoms. The van der Waals surface area contributed by atoms with Gasteiger partial charge in [0, 0.05) is 31.5 Å². The smallest absolute Gasteiger partial charge is 0.200 e. The third-order valence-electron chi connectivity index (χ3n) is 3.00. The van der Waals surface area contributed by atoms with Crippen LogP contribution in [0.4, 0.5) is 5.69 Å². The van der Waals surface area contributed by atoms with Gasteiger partial charge in [-0.3, -0.25) is 4.68 Å². The topological polar surface area (TPSA) is 62.3 Å². The fourth-order valence-electron chi connectivity index (χ4n) is 2.02. The molecule has 5 heteroatoms. The first-order valence-electron chi connectivity index (χ1n) is 6.78. The van der Waals surface area contributed by atoms with Crippen molar-refractivity contribution in [1.82, 2.24) is 9.78 Å². The molecule has 2 rings (SSSR count). The molecule has 0 saturated carbocycles. The minimum absolute atomic E-state index is 0.384. The van der Waals surface area contributed by atoms with Crippen molar-refractivity contribution in [3.63, 3.8) is 0 Å². The monoisotopic (exact) mass is 275 g/mol. The number of hydrogen-bond donors (Lipinski definition) is 1. The fourth-order valence-corrected chi connectivity index (χ4v) is 2.02. The maximum Gasteiger partial charge on any atom is 0.200 e. The van der Waals surface area contributed by atoms with Gasteiger partial charge < -0.3 is 15.2 Å². The Morgan fingerprint density at radius 1 is 1.15 bits per heavy atom. The number of anilines is 1. The number of benzene rings is 1. The SMILES string of the molecule is CCOC(OCC)c1cc(-c2ccc(N)cc2)nn1C. The maximum atomic E-state index is 5.70. The number of nitrogen functional groups attached to an aromatic ring is 1. The number of aromatic nitrogens is 2. The molecule has 1 aromatic carbocycles. The van der Waals surface area contributed by atoms with Gasteiger partial charge in [-0.15, -0.1) is 0 Å². The van der Waals surface area contributed by atoms with E-state index in [1.807, 2.05) is 51.2 Å². The number of nitrogens with two attached hydrogens (primary N) is 1. The number of ether oxygens (including phenoxy) is 2. The number of nitrogens with zero attached hydrogens (tertiary/aromatic N) is 2. The van der Waals surface area contributed by atoms with Gasteiger partial charge in [0.25, 0.3) is 0 Å². The molecule has 0 saturated heterocycles. The Bertz CT molecular complexity index is 543. The van der Waals surface area contributed by atoms with Crippen LogP contribution in [0.5, 0.6) is 0 Å². The zero-order chi connectivity index (χ0) is 14.5. The van der Waals surface area contributed by atoms with Gasteiger partial charge in [0.15, 0.2) is 0 Å². The van der Waals surface area contributed by atoms with Crippen molar-refractivity contribution >= 4 is 5.69 Å². The third kappa shape index (κ3) is 3.18. The van der Waals surface area contributed by atoms with Crippen molar-refractivity contribution < 1.29 is 9.47 Å². The van der Waals surface area contributed by atoms with Crippen LogP contribution in [0.1, 0.15) is 25.8 Å². The second kappa shape index (κ2) is 6.54. The summed E-state index contributed by atoms with van der Waals surface area (Å²) in [5, 5.41) is 4.51. The molecule has 0 radical (unpaired) electrons. The highest BCUT2D eigenvalue weighted by Crippen LogP contribution is 2.25. The Hall–Kier alpha value is -1.85. The average molecular weight is 275 g/mol. The first kappa shape index (κ1) is 14.6. The molecule has 0 bridgehead atoms. The van der Waals surface area contributed by atoms with Crippen LogP contribution in [0.3, 0.4) is 0 Å². The average Bonchev–Trinajstić information content (AvgIpc) is 2.81. The summed E-state index contributed by atoms with van der Waals surface area (Å²) in [5.41, 5.74) is 9.25. The molecule has 0 unspecified atom stereocenters. The number of hydrogen-bond acceptors (Lipinski definition) is 4. The van der Waals surface area contributed by atoms with E-state index in [9.17, 15) is 0 Å². The van der Waals surface area contributed by atoms with Crippen molar-refractivity contribution in [2.75, 3.05) is 18.9 Å². The third-order valence-corrected chi connectivity index (χ3v) is 3.00. The summed E-state index contributed by atoms with van der Waals surface area (Å²) >= 11 is 0. The highest BCUT2D eigenvalue weighted by atomic mass is 16.7. The van der Waals surface area contributed by atoms with Crippen molar-refractivity contribution in [3.05, 3.63) is 36.0 Å². The van der Waals surface area contributed by atoms with Crippen LogP contribution in [0.2, 0.25) is 0 Å². The zero-order valence-corrected chi connectivity index (χ0v) is 12.2. The predicted molar refractivity (Wildman–Crippen MR) is 79.0 cm³/mol. The van der Waals surface area contributed by atoms with E-state index < -0.39 is 0 Å². The molecule has 0 atom stereocenters. The predicted octanol–water partition coefficient (Wildman–Crippen LogP) is 2.74. The van der Waals surface area contributed by atoms with Crippen molar-refractivity contribution in [1.29, 1.82) is 0 Å². The van der Waals surface area contributed by atoms with Crippen LogP contribution in [0.25, 0.3) is 11.3 Å². The first-order chi connectivity index (χ1) is 9.65. The Morgan fingerprint density at radius 2 is 1.75 bits per heavy atom. The molecule has 2 N–H and O–H groups in total. The minimum atomic E-state index is -0.384. The molecule has 0 aliphatic heterocycles. The molecule has 1 aromatic heterocycles. The van der Waals surface area contributed by atoms with E-state index in [0.717, 1.165) is 22.6 Å². The van der Waals surface area contributed by atoms with Gasteiger partial charge in [0.05, 0.1) is 11.4 Å². The van der Waals surface area contributed by atoms with Crippen LogP contribution in [-0.2, 0) is 16.5 Å². The van der Waals surface area contributed by atoms with Gasteiger partial charge in [-0.2, -0.15) is 5.10 Å². The first-order valence-corrected chi connectivity index (χ1v) is 6.78. The van der Waals surface area contributed by atoms with E-state index in [0.29, 0.717) is 13.2 Å². The lowest BCUT2D eigenvalue weighted by Crippen LogP contribution is -2.12. The van der Waals surface area contributed by atoms with Crippen LogP contribution in [-0.4, -0.2) is 23.0 Å². The molecule has 0 aliphatic rings. The molecular formula is C15H21N3O2. The number of rotatable bonds is 6. The largest absolute Gasteiger partial charge is 0.399 e. The van der Waals surface area contributed by atoms with Crippen LogP contribution >= 0.6 is 0 Å². The van der Waals surface area contributed by atoms with Crippen LogP contribution in [0, 0.1) is 0 Å². The summed E-state index contributed by atoms with van der Waals surface area (Å²) in [4.78, 5) is 0. The molecule has 0 fully saturated rings. The summed E-state index contributed by atoms with van der Waals surface area (Å²) in [6, 6.07) is 9.63. The standard InChI is InChI=1S/C15H21N3O2/c1-4-19-15(20-5-2)14-10-13(17-18(14)3)11-6-8-12(16)9-7-11/h6-10,15H,4-5,16H2,1-3H3. The van der Waals surface area contributed by atoms with Crippen molar-refractivity contribution in [2.45, 2.75) is 20.1 Å². The van der Waals surface area contributed by atoms with E-state index in [-0.39, 0.29) is 6.29 Å². The highest BCUT2D eigenvalue weighted by Gasteiger charge is 2.17. The molecule has 20 heavy (non-hydrogen) atoms. The van der Waals surface area contributed by atoms with Crippen molar-refractivity contribution in [2.24, 2.45) is 7.05 Å². The Kier molecular flexibility index (Phi) is 4.76. The normalized spacial score (nSPS) is 11.2. The maximum absolute atomic E-state index is 5.70. The molecule has 0 amide bonds. The van der Waals surface area contributed by atoms with Crippen molar-refractivity contribution in [3.8, 4) is 11.3 Å². The molecule has 5 nitrogen and oxygen atoms in total. The highest BCUT2D eigenvalue weighted by molar-refractivity contribution is 5.62. The molecule has 0 aliphatic carbocycles. The molecule has 108 valence electrons. The van der Waals surface area contributed by atoms with Gasteiger partial charge in [-0.25, -0.2) is 0 Å². The van der Waals surface area contributed by atoms with Gasteiger partial charge in [-0.1, -0.05) is 12.1 Å². The van der Waals surface area contributed by atoms with Gasteiger partial charge >= 0.3 is 0 Å². The lowest BCUT2D eigenvalue weighted by atomic mass is 10.1. The Balaban J connectivity index is 2.30. The van der Waals surface area contributed by atoms with E-state index in [4.69, 9.17) is 15.2 Å². The second-order valence-corrected chi connectivity index (χ2v) is 4.44. The van der Waals surface area contributed by atoms with Gasteiger partial charge in [0.2, 0.25) is 6.29 Å². The summed E-state index contributed by atoms with van der Waals surface area (Å²) in [5.74, 6) is 0. The summed E-state index contributed by atoms with van der Waals surface area (Å²) < 4.78 is 13.0. The summed E-state index contributed by atoms with van der Waals surface area (Å²) in [6.45, 7) is 5.08. The lowest BCUT2D eigenvalue weighted by Gasteiger charge is -2.16. The molecule has 1 heterocycles. The Labute approximate surface area is 119 Å². The van der Waals surface area contributed by atoms with E-state index >= 15 is 0 Å². The zero-order valence-electron chi connectivity index (χ0n) is 12.2. The van der Waals surface area contributed by atoms with Crippen LogP contribution in [0.15, 0.2) is 30.3 Å². The molecular weight excluding hydrogens is 254 g/mol. The van der Waals surface area contributed by atoms with Gasteiger partial charge in [-0.05, 0) is 32.0 Å². The number of aryl methyl sites for hydroxylation is 1. The van der Waals surface area contributed by atoms with E-state index in [1.165, 1.54) is 0 Å². The molecule has 2 aromatic rings. The van der Waals surface area contributed by atoms with E-state index in [2.05, 4.69) is 5.10 Å². The summed E-state index contributed by atoms with van der Waals surface area (Å²) in [6.07, 6.45) is -0.384. The van der Waals surface area contributed by atoms with Gasteiger partial charge in [0.1, 0.15) is 0 Å². The van der Waals surface area contributed by atoms with Crippen LogP contribution < -0.4 is 5.73 Å². The lowest BCUT2D eigenvalue weighted by molar-refractivity contribution is -0.144. The Morgan fingerprint density at radius 3 is 2.30 bits per heavy atom. The van der Waals surface area contributed by atoms with E-state index in [1.54, 1.807) is 4.68 Å². The summed E-state index contributed by atoms with van der Waals surface area (Å²) in [7, 11) is 1.89. The quantitative estimate of drug-likeness (QED) is 0.650. The minimum Gasteiger partial charge on any atom is -0.399 e. The fraction of sp³-hybridized carbons (Fsp3) is 0.400. The second-order valence-electron chi connectivity index (χ2n) is 4.44.